The van der Waals surface area contributed by atoms with Crippen molar-refractivity contribution >= 4 is 33.4 Å². The van der Waals surface area contributed by atoms with Crippen molar-refractivity contribution in [2.45, 2.75) is 26.3 Å². The number of hydrogen-bond donors (Lipinski definition) is 2. The Labute approximate surface area is 144 Å². The second-order valence-corrected chi connectivity index (χ2v) is 7.04. The number of nitrogens with one attached hydrogen (secondary N) is 2. The van der Waals surface area contributed by atoms with E-state index in [1.165, 1.54) is 0 Å². The summed E-state index contributed by atoms with van der Waals surface area (Å²) in [5, 5.41) is 5.71. The number of amides is 2. The summed E-state index contributed by atoms with van der Waals surface area (Å²) in [4.78, 5) is 24.8. The van der Waals surface area contributed by atoms with E-state index in [0.717, 1.165) is 0 Å². The molecule has 0 aliphatic carbocycles. The third-order valence-corrected chi connectivity index (χ3v) is 3.72. The van der Waals surface area contributed by atoms with E-state index >= 15 is 0 Å². The highest BCUT2D eigenvalue weighted by molar-refractivity contribution is 9.10. The van der Waals surface area contributed by atoms with Crippen molar-refractivity contribution in [3.8, 4) is 0 Å². The van der Waals surface area contributed by atoms with Crippen LogP contribution in [0.1, 0.15) is 41.5 Å². The molecule has 0 radical (unpaired) electrons. The Hall–Kier alpha value is -2.14. The highest BCUT2D eigenvalue weighted by Crippen LogP contribution is 2.20. The zero-order chi connectivity index (χ0) is 17.0. The van der Waals surface area contributed by atoms with Crippen molar-refractivity contribution in [2.75, 3.05) is 5.32 Å². The normalized spacial score (nSPS) is 11.0. The molecule has 2 amide bonds. The van der Waals surface area contributed by atoms with Gasteiger partial charge in [-0.1, -0.05) is 24.3 Å². The lowest BCUT2D eigenvalue weighted by Gasteiger charge is -2.21. The summed E-state index contributed by atoms with van der Waals surface area (Å²) in [5.74, 6) is -0.492. The van der Waals surface area contributed by atoms with Gasteiger partial charge in [-0.05, 0) is 61.0 Å². The van der Waals surface area contributed by atoms with Crippen molar-refractivity contribution in [2.24, 2.45) is 0 Å². The summed E-state index contributed by atoms with van der Waals surface area (Å²) in [7, 11) is 0. The van der Waals surface area contributed by atoms with E-state index < -0.39 is 0 Å². The number of halogens is 1. The molecule has 0 heterocycles. The Balaban J connectivity index is 2.26. The average molecular weight is 375 g/mol. The highest BCUT2D eigenvalue weighted by Gasteiger charge is 2.19. The molecule has 5 heteroatoms. The Kier molecular flexibility index (Phi) is 5.21. The van der Waals surface area contributed by atoms with Crippen molar-refractivity contribution in [1.82, 2.24) is 5.32 Å². The first kappa shape index (κ1) is 17.2. The molecule has 0 unspecified atom stereocenters. The van der Waals surface area contributed by atoms with E-state index in [1.54, 1.807) is 42.5 Å². The molecule has 0 aromatic heterocycles. The Morgan fingerprint density at radius 1 is 0.870 bits per heavy atom. The van der Waals surface area contributed by atoms with Crippen LogP contribution in [-0.4, -0.2) is 17.4 Å². The van der Waals surface area contributed by atoms with Crippen LogP contribution in [0.2, 0.25) is 0 Å². The predicted molar refractivity (Wildman–Crippen MR) is 95.8 cm³/mol. The maximum atomic E-state index is 12.4. The molecule has 2 aromatic carbocycles. The number of carbonyl (C=O) groups excluding carboxylic acids is 2. The lowest BCUT2D eigenvalue weighted by molar-refractivity contribution is 0.0920. The molecule has 0 saturated carbocycles. The van der Waals surface area contributed by atoms with E-state index in [4.69, 9.17) is 0 Å². The molecule has 0 saturated heterocycles. The monoisotopic (exact) mass is 374 g/mol. The number of anilines is 1. The molecule has 2 aromatic rings. The van der Waals surface area contributed by atoms with Crippen LogP contribution < -0.4 is 10.6 Å². The lowest BCUT2D eigenvalue weighted by atomic mass is 10.1. The third kappa shape index (κ3) is 4.66. The number of hydrogen-bond acceptors (Lipinski definition) is 2. The fourth-order valence-electron chi connectivity index (χ4n) is 2.03. The Morgan fingerprint density at radius 3 is 2.04 bits per heavy atom. The number of para-hydroxylation sites is 1. The molecule has 0 bridgehead atoms. The SMILES string of the molecule is CC(C)(C)NC(=O)c1ccccc1NC(=O)c1ccccc1Br. The van der Waals surface area contributed by atoms with E-state index in [-0.39, 0.29) is 17.4 Å². The molecule has 23 heavy (non-hydrogen) atoms. The number of carbonyl (C=O) groups is 2. The van der Waals surface area contributed by atoms with Crippen LogP contribution in [0.25, 0.3) is 0 Å². The fourth-order valence-corrected chi connectivity index (χ4v) is 2.50. The van der Waals surface area contributed by atoms with Gasteiger partial charge >= 0.3 is 0 Å². The van der Waals surface area contributed by atoms with Crippen LogP contribution >= 0.6 is 15.9 Å². The molecule has 0 spiro atoms. The van der Waals surface area contributed by atoms with Crippen LogP contribution in [0.4, 0.5) is 5.69 Å². The van der Waals surface area contributed by atoms with E-state index in [1.807, 2.05) is 26.8 Å². The van der Waals surface area contributed by atoms with Crippen LogP contribution in [0.5, 0.6) is 0 Å². The van der Waals surface area contributed by atoms with Crippen molar-refractivity contribution < 1.29 is 9.59 Å². The first-order chi connectivity index (χ1) is 10.8. The molecule has 0 fully saturated rings. The average Bonchev–Trinajstić information content (AvgIpc) is 2.46. The minimum Gasteiger partial charge on any atom is -0.347 e. The van der Waals surface area contributed by atoms with Crippen LogP contribution in [0.3, 0.4) is 0 Å². The summed E-state index contributed by atoms with van der Waals surface area (Å²) in [6.07, 6.45) is 0. The standard InChI is InChI=1S/C18H19BrN2O2/c1-18(2,3)21-17(23)13-9-5-7-11-15(13)20-16(22)12-8-4-6-10-14(12)19/h4-11H,1-3H3,(H,20,22)(H,21,23). The topological polar surface area (TPSA) is 58.2 Å². The van der Waals surface area contributed by atoms with Gasteiger partial charge in [-0.25, -0.2) is 0 Å². The summed E-state index contributed by atoms with van der Waals surface area (Å²) >= 11 is 3.36. The summed E-state index contributed by atoms with van der Waals surface area (Å²) in [6, 6.07) is 14.1. The van der Waals surface area contributed by atoms with Gasteiger partial charge in [0.1, 0.15) is 0 Å². The zero-order valence-electron chi connectivity index (χ0n) is 13.3. The second-order valence-electron chi connectivity index (χ2n) is 6.18. The number of rotatable bonds is 3. The Bertz CT molecular complexity index is 736. The van der Waals surface area contributed by atoms with Crippen molar-refractivity contribution in [3.63, 3.8) is 0 Å². The molecule has 0 aliphatic heterocycles. The quantitative estimate of drug-likeness (QED) is 0.844. The van der Waals surface area contributed by atoms with Crippen LogP contribution in [0, 0.1) is 0 Å². The minimum atomic E-state index is -0.351. The first-order valence-corrected chi connectivity index (χ1v) is 8.04. The van der Waals surface area contributed by atoms with Gasteiger partial charge in [0, 0.05) is 10.0 Å². The smallest absolute Gasteiger partial charge is 0.256 e. The Morgan fingerprint density at radius 2 is 1.43 bits per heavy atom. The third-order valence-electron chi connectivity index (χ3n) is 3.03. The van der Waals surface area contributed by atoms with Gasteiger partial charge in [-0.3, -0.25) is 9.59 Å². The summed E-state index contributed by atoms with van der Waals surface area (Å²) in [6.45, 7) is 5.73. The fraction of sp³-hybridized carbons (Fsp3) is 0.222. The molecule has 120 valence electrons. The minimum absolute atomic E-state index is 0.222. The van der Waals surface area contributed by atoms with Gasteiger partial charge in [0.25, 0.3) is 11.8 Å². The van der Waals surface area contributed by atoms with Gasteiger partial charge in [0.05, 0.1) is 16.8 Å². The molecular formula is C18H19BrN2O2. The highest BCUT2D eigenvalue weighted by atomic mass is 79.9. The van der Waals surface area contributed by atoms with Gasteiger partial charge in [-0.2, -0.15) is 0 Å². The molecule has 2 rings (SSSR count). The summed E-state index contributed by atoms with van der Waals surface area (Å²) in [5.41, 5.74) is 1.08. The van der Waals surface area contributed by atoms with Crippen LogP contribution in [0.15, 0.2) is 53.0 Å². The van der Waals surface area contributed by atoms with Crippen molar-refractivity contribution in [3.05, 3.63) is 64.1 Å². The predicted octanol–water partition coefficient (Wildman–Crippen LogP) is 4.23. The molecule has 4 nitrogen and oxygen atoms in total. The number of benzene rings is 2. The van der Waals surface area contributed by atoms with Crippen LogP contribution in [-0.2, 0) is 0 Å². The van der Waals surface area contributed by atoms with Crippen molar-refractivity contribution in [1.29, 1.82) is 0 Å². The molecule has 0 aliphatic rings. The van der Waals surface area contributed by atoms with Gasteiger partial charge in [-0.15, -0.1) is 0 Å². The first-order valence-electron chi connectivity index (χ1n) is 7.25. The molecule has 0 atom stereocenters. The zero-order valence-corrected chi connectivity index (χ0v) is 14.9. The van der Waals surface area contributed by atoms with E-state index in [0.29, 0.717) is 21.3 Å². The maximum absolute atomic E-state index is 12.4. The molecular weight excluding hydrogens is 356 g/mol. The van der Waals surface area contributed by atoms with Gasteiger partial charge in [0.15, 0.2) is 0 Å². The van der Waals surface area contributed by atoms with E-state index in [9.17, 15) is 9.59 Å². The van der Waals surface area contributed by atoms with E-state index in [2.05, 4.69) is 26.6 Å². The second kappa shape index (κ2) is 6.96. The van der Waals surface area contributed by atoms with Gasteiger partial charge in [0.2, 0.25) is 0 Å². The van der Waals surface area contributed by atoms with Gasteiger partial charge < -0.3 is 10.6 Å². The lowest BCUT2D eigenvalue weighted by Crippen LogP contribution is -2.40. The largest absolute Gasteiger partial charge is 0.347 e. The summed E-state index contributed by atoms with van der Waals surface area (Å²) < 4.78 is 0.703. The molecule has 2 N–H and O–H groups in total. The maximum Gasteiger partial charge on any atom is 0.256 e.